The molecule has 0 spiro atoms. The van der Waals surface area contributed by atoms with Crippen molar-refractivity contribution >= 4 is 0 Å². The lowest BCUT2D eigenvalue weighted by Gasteiger charge is -2.30. The van der Waals surface area contributed by atoms with Crippen molar-refractivity contribution in [2.24, 2.45) is 11.8 Å². The van der Waals surface area contributed by atoms with Crippen LogP contribution in [0.5, 0.6) is 11.5 Å². The lowest BCUT2D eigenvalue weighted by molar-refractivity contribution is 0.426. The van der Waals surface area contributed by atoms with Gasteiger partial charge in [-0.05, 0) is 46.6 Å². The Morgan fingerprint density at radius 1 is 0.594 bits per heavy atom. The normalized spacial score (nSPS) is 12.9. The maximum atomic E-state index is 11.5. The first kappa shape index (κ1) is 26.3. The van der Waals surface area contributed by atoms with Crippen molar-refractivity contribution in [1.29, 1.82) is 0 Å². The van der Waals surface area contributed by atoms with E-state index in [1.165, 1.54) is 11.1 Å². The third-order valence-electron chi connectivity index (χ3n) is 6.28. The van der Waals surface area contributed by atoms with E-state index in [-0.39, 0.29) is 16.7 Å². The second-order valence-electron chi connectivity index (χ2n) is 12.5. The summed E-state index contributed by atoms with van der Waals surface area (Å²) in [7, 11) is 0. The van der Waals surface area contributed by atoms with Crippen molar-refractivity contribution in [1.82, 2.24) is 0 Å². The Bertz CT molecular complexity index is 859. The number of rotatable bonds is 6. The zero-order valence-corrected chi connectivity index (χ0v) is 22.4. The van der Waals surface area contributed by atoms with E-state index in [0.717, 1.165) is 35.1 Å². The molecule has 2 heteroatoms. The molecule has 2 rings (SSSR count). The lowest BCUT2D eigenvalue weighted by atomic mass is 9.76. The van der Waals surface area contributed by atoms with Crippen LogP contribution >= 0.6 is 0 Å². The van der Waals surface area contributed by atoms with Crippen LogP contribution in [0.25, 0.3) is 0 Å². The Morgan fingerprint density at radius 3 is 1.16 bits per heavy atom. The largest absolute Gasteiger partial charge is 0.507 e. The predicted molar refractivity (Wildman–Crippen MR) is 138 cm³/mol. The highest BCUT2D eigenvalue weighted by Crippen LogP contribution is 2.45. The van der Waals surface area contributed by atoms with Crippen molar-refractivity contribution < 1.29 is 10.2 Å². The first-order valence-electron chi connectivity index (χ1n) is 12.3. The van der Waals surface area contributed by atoms with Crippen LogP contribution in [0.3, 0.4) is 0 Å². The molecule has 0 bridgehead atoms. The average Bonchev–Trinajstić information content (AvgIpc) is 2.58. The molecule has 32 heavy (non-hydrogen) atoms. The van der Waals surface area contributed by atoms with Crippen LogP contribution in [0.4, 0.5) is 0 Å². The SMILES string of the molecule is CC(C)Cc1ccc(C(C)c2ccc(CC(C)C)c(C(C)(C)C)c2O)c(O)c1C(C)(C)C. The van der Waals surface area contributed by atoms with Crippen molar-refractivity contribution in [2.75, 3.05) is 0 Å². The molecule has 0 heterocycles. The molecule has 178 valence electrons. The summed E-state index contributed by atoms with van der Waals surface area (Å²) < 4.78 is 0. The van der Waals surface area contributed by atoms with Crippen molar-refractivity contribution in [3.63, 3.8) is 0 Å². The van der Waals surface area contributed by atoms with Gasteiger partial charge in [0.1, 0.15) is 11.5 Å². The molecule has 0 aromatic heterocycles. The Kier molecular flexibility index (Phi) is 7.80. The fourth-order valence-electron chi connectivity index (χ4n) is 5.06. The van der Waals surface area contributed by atoms with Crippen LogP contribution in [0.1, 0.15) is 115 Å². The van der Waals surface area contributed by atoms with Gasteiger partial charge in [0.15, 0.2) is 0 Å². The van der Waals surface area contributed by atoms with Crippen molar-refractivity contribution in [3.05, 3.63) is 57.6 Å². The fourth-order valence-corrected chi connectivity index (χ4v) is 5.06. The average molecular weight is 439 g/mol. The first-order valence-corrected chi connectivity index (χ1v) is 12.3. The second-order valence-corrected chi connectivity index (χ2v) is 12.5. The molecule has 0 radical (unpaired) electrons. The van der Waals surface area contributed by atoms with E-state index >= 15 is 0 Å². The minimum Gasteiger partial charge on any atom is -0.507 e. The summed E-state index contributed by atoms with van der Waals surface area (Å²) in [5.74, 6) is 1.69. The lowest BCUT2D eigenvalue weighted by Crippen LogP contribution is -2.18. The summed E-state index contributed by atoms with van der Waals surface area (Å²) in [6.45, 7) is 23.9. The zero-order chi connectivity index (χ0) is 24.6. The van der Waals surface area contributed by atoms with E-state index < -0.39 is 0 Å². The third kappa shape index (κ3) is 5.69. The van der Waals surface area contributed by atoms with Crippen LogP contribution in [0.15, 0.2) is 24.3 Å². The van der Waals surface area contributed by atoms with Crippen molar-refractivity contribution in [3.8, 4) is 11.5 Å². The number of benzene rings is 2. The van der Waals surface area contributed by atoms with E-state index in [1.54, 1.807) is 0 Å². The zero-order valence-electron chi connectivity index (χ0n) is 22.4. The van der Waals surface area contributed by atoms with Crippen LogP contribution in [0.2, 0.25) is 0 Å². The molecule has 0 saturated carbocycles. The molecule has 0 fully saturated rings. The highest BCUT2D eigenvalue weighted by molar-refractivity contribution is 5.57. The molecule has 0 aliphatic rings. The summed E-state index contributed by atoms with van der Waals surface area (Å²) in [6.07, 6.45) is 1.89. The number of aromatic hydroxyl groups is 2. The maximum absolute atomic E-state index is 11.5. The van der Waals surface area contributed by atoms with E-state index in [2.05, 4.69) is 100 Å². The Labute approximate surface area is 197 Å². The highest BCUT2D eigenvalue weighted by Gasteiger charge is 2.30. The third-order valence-corrected chi connectivity index (χ3v) is 6.28. The van der Waals surface area contributed by atoms with Gasteiger partial charge in [-0.15, -0.1) is 0 Å². The molecule has 2 nitrogen and oxygen atoms in total. The molecule has 0 aliphatic heterocycles. The molecule has 2 aromatic rings. The fraction of sp³-hybridized carbons (Fsp3) is 0.600. The van der Waals surface area contributed by atoms with Crippen LogP contribution in [-0.4, -0.2) is 10.2 Å². The minimum atomic E-state index is -0.163. The van der Waals surface area contributed by atoms with Gasteiger partial charge in [0.05, 0.1) is 0 Å². The van der Waals surface area contributed by atoms with Gasteiger partial charge in [0.25, 0.3) is 0 Å². The minimum absolute atomic E-state index is 0.113. The Morgan fingerprint density at radius 2 is 0.906 bits per heavy atom. The first-order chi connectivity index (χ1) is 14.6. The summed E-state index contributed by atoms with van der Waals surface area (Å²) >= 11 is 0. The molecule has 2 N–H and O–H groups in total. The van der Waals surface area contributed by atoms with Gasteiger partial charge in [-0.3, -0.25) is 0 Å². The second kappa shape index (κ2) is 9.49. The molecular weight excluding hydrogens is 392 g/mol. The molecule has 2 aromatic carbocycles. The monoisotopic (exact) mass is 438 g/mol. The van der Waals surface area contributed by atoms with Gasteiger partial charge >= 0.3 is 0 Å². The van der Waals surface area contributed by atoms with E-state index in [9.17, 15) is 10.2 Å². The molecular formula is C30H46O2. The molecule has 0 saturated heterocycles. The van der Waals surface area contributed by atoms with Gasteiger partial charge in [-0.1, -0.05) is 100 Å². The Balaban J connectivity index is 2.69. The highest BCUT2D eigenvalue weighted by atomic mass is 16.3. The van der Waals surface area contributed by atoms with Crippen LogP contribution < -0.4 is 0 Å². The molecule has 0 amide bonds. The summed E-state index contributed by atoms with van der Waals surface area (Å²) in [6, 6.07) is 8.48. The number of phenolic OH excluding ortho intramolecular Hbond substituents is 2. The topological polar surface area (TPSA) is 40.5 Å². The van der Waals surface area contributed by atoms with E-state index in [1.807, 2.05) is 0 Å². The number of phenols is 2. The number of hydrogen-bond donors (Lipinski definition) is 2. The van der Waals surface area contributed by atoms with E-state index in [4.69, 9.17) is 0 Å². The Hall–Kier alpha value is -1.96. The maximum Gasteiger partial charge on any atom is 0.123 e. The molecule has 0 unspecified atom stereocenters. The van der Waals surface area contributed by atoms with E-state index in [0.29, 0.717) is 23.3 Å². The van der Waals surface area contributed by atoms with Gasteiger partial charge in [0, 0.05) is 28.2 Å². The van der Waals surface area contributed by atoms with Gasteiger partial charge < -0.3 is 10.2 Å². The van der Waals surface area contributed by atoms with Crippen LogP contribution in [0, 0.1) is 11.8 Å². The summed E-state index contributed by atoms with van der Waals surface area (Å²) in [5, 5.41) is 22.9. The molecule has 0 atom stereocenters. The van der Waals surface area contributed by atoms with Crippen molar-refractivity contribution in [2.45, 2.75) is 106 Å². The smallest absolute Gasteiger partial charge is 0.123 e. The van der Waals surface area contributed by atoms with Gasteiger partial charge in [0.2, 0.25) is 0 Å². The van der Waals surface area contributed by atoms with Crippen LogP contribution in [-0.2, 0) is 23.7 Å². The summed E-state index contributed by atoms with van der Waals surface area (Å²) in [4.78, 5) is 0. The van der Waals surface area contributed by atoms with Gasteiger partial charge in [-0.25, -0.2) is 0 Å². The number of hydrogen-bond acceptors (Lipinski definition) is 2. The summed E-state index contributed by atoms with van der Waals surface area (Å²) in [5.41, 5.74) is 5.93. The standard InChI is InChI=1S/C30H46O2/c1-18(2)16-21-12-14-23(27(31)25(21)29(6,7)8)20(5)24-15-13-22(17-19(3)4)26(28(24)32)30(9,10)11/h12-15,18-20,31-32H,16-17H2,1-11H3. The molecule has 0 aliphatic carbocycles. The predicted octanol–water partition coefficient (Wildman–Crippen LogP) is 8.24. The quantitative estimate of drug-likeness (QED) is 0.476. The van der Waals surface area contributed by atoms with Gasteiger partial charge in [-0.2, -0.15) is 0 Å².